The van der Waals surface area contributed by atoms with E-state index in [9.17, 15) is 13.2 Å². The summed E-state index contributed by atoms with van der Waals surface area (Å²) < 4.78 is 33.6. The smallest absolute Gasteiger partial charge is 0.243 e. The lowest BCUT2D eigenvalue weighted by Gasteiger charge is -2.31. The third kappa shape index (κ3) is 4.74. The molecule has 0 aliphatic carbocycles. The van der Waals surface area contributed by atoms with Gasteiger partial charge in [0.2, 0.25) is 15.9 Å². The normalized spacial score (nSPS) is 17.9. The minimum Gasteiger partial charge on any atom is -0.492 e. The molecule has 0 saturated carbocycles. The zero-order valence-electron chi connectivity index (χ0n) is 15.6. The molecule has 1 N–H and O–H groups in total. The van der Waals surface area contributed by atoms with E-state index in [0.29, 0.717) is 37.4 Å². The Morgan fingerprint density at radius 3 is 2.64 bits per heavy atom. The lowest BCUT2D eigenvalue weighted by Crippen LogP contribution is -2.43. The summed E-state index contributed by atoms with van der Waals surface area (Å²) in [6.45, 7) is 2.96. The number of rotatable bonds is 6. The summed E-state index contributed by atoms with van der Waals surface area (Å²) in [5.41, 5.74) is 0.599. The number of carbonyl (C=O) groups excluding carboxylic acids is 1. The molecule has 3 rings (SSSR count). The molecule has 2 aromatic rings. The molecule has 2 aromatic carbocycles. The average Bonchev–Trinajstić information content (AvgIpc) is 2.70. The summed E-state index contributed by atoms with van der Waals surface area (Å²) in [5.74, 6) is 0.00464. The highest BCUT2D eigenvalue weighted by molar-refractivity contribution is 9.10. The van der Waals surface area contributed by atoms with E-state index < -0.39 is 15.9 Å². The Morgan fingerprint density at radius 2 is 1.93 bits per heavy atom. The molecule has 1 amide bonds. The minimum atomic E-state index is -3.63. The van der Waals surface area contributed by atoms with E-state index in [0.717, 1.165) is 4.47 Å². The van der Waals surface area contributed by atoms with Gasteiger partial charge in [0.25, 0.3) is 0 Å². The van der Waals surface area contributed by atoms with Crippen molar-refractivity contribution in [3.8, 4) is 5.75 Å². The summed E-state index contributed by atoms with van der Waals surface area (Å²) in [5, 5.41) is 2.89. The van der Waals surface area contributed by atoms with Crippen molar-refractivity contribution < 1.29 is 17.9 Å². The van der Waals surface area contributed by atoms with Crippen molar-refractivity contribution in [2.45, 2.75) is 24.7 Å². The third-order valence-corrected chi connectivity index (χ3v) is 7.06. The first-order chi connectivity index (χ1) is 13.4. The number of piperidine rings is 1. The first kappa shape index (κ1) is 20.8. The van der Waals surface area contributed by atoms with Crippen LogP contribution in [0.2, 0.25) is 0 Å². The fourth-order valence-corrected chi connectivity index (χ4v) is 5.00. The average molecular weight is 467 g/mol. The van der Waals surface area contributed by atoms with Crippen molar-refractivity contribution >= 4 is 37.5 Å². The summed E-state index contributed by atoms with van der Waals surface area (Å²) in [4.78, 5) is 13.0. The third-order valence-electron chi connectivity index (χ3n) is 4.65. The molecule has 8 heteroatoms. The zero-order valence-corrected chi connectivity index (χ0v) is 18.0. The van der Waals surface area contributed by atoms with Crippen LogP contribution in [0, 0.1) is 5.92 Å². The van der Waals surface area contributed by atoms with Gasteiger partial charge < -0.3 is 10.1 Å². The molecule has 150 valence electrons. The topological polar surface area (TPSA) is 75.7 Å². The number of benzene rings is 2. The van der Waals surface area contributed by atoms with E-state index >= 15 is 0 Å². The van der Waals surface area contributed by atoms with Crippen LogP contribution in [0.15, 0.2) is 57.9 Å². The molecule has 1 heterocycles. The minimum absolute atomic E-state index is 0.168. The Balaban J connectivity index is 1.72. The number of halogens is 1. The summed E-state index contributed by atoms with van der Waals surface area (Å²) >= 11 is 3.31. The quantitative estimate of drug-likeness (QED) is 0.700. The van der Waals surface area contributed by atoms with Crippen molar-refractivity contribution in [1.82, 2.24) is 4.31 Å². The molecule has 0 radical (unpaired) electrons. The number of hydrogen-bond acceptors (Lipinski definition) is 4. The Bertz CT molecular complexity index is 931. The Labute approximate surface area is 174 Å². The highest BCUT2D eigenvalue weighted by Gasteiger charge is 2.33. The van der Waals surface area contributed by atoms with E-state index in [-0.39, 0.29) is 17.3 Å². The van der Waals surface area contributed by atoms with Gasteiger partial charge in [0.05, 0.1) is 23.1 Å². The Morgan fingerprint density at radius 1 is 1.21 bits per heavy atom. The second-order valence-electron chi connectivity index (χ2n) is 6.57. The molecular formula is C20H23BrN2O4S. The van der Waals surface area contributed by atoms with Crippen LogP contribution in [0.3, 0.4) is 0 Å². The summed E-state index contributed by atoms with van der Waals surface area (Å²) in [7, 11) is -3.63. The predicted molar refractivity (Wildman–Crippen MR) is 112 cm³/mol. The van der Waals surface area contributed by atoms with E-state index in [4.69, 9.17) is 4.74 Å². The second kappa shape index (κ2) is 9.07. The maximum Gasteiger partial charge on any atom is 0.243 e. The van der Waals surface area contributed by atoms with Gasteiger partial charge in [0.1, 0.15) is 5.75 Å². The van der Waals surface area contributed by atoms with Crippen LogP contribution in [0.4, 0.5) is 5.69 Å². The van der Waals surface area contributed by atoms with Crippen molar-refractivity contribution in [2.24, 2.45) is 5.92 Å². The standard InChI is InChI=1S/C20H23BrN2O4S/c1-2-27-19-8-4-3-7-18(19)22-20(24)15-6-5-13-23(14-15)28(25,26)17-11-9-16(21)10-12-17/h3-4,7-12,15H,2,5-6,13-14H2,1H3,(H,22,24)/t15-/m0/s1. The number of carbonyl (C=O) groups is 1. The number of hydrogen-bond donors (Lipinski definition) is 1. The fourth-order valence-electron chi connectivity index (χ4n) is 3.22. The van der Waals surface area contributed by atoms with E-state index in [1.54, 1.807) is 36.4 Å². The van der Waals surface area contributed by atoms with Crippen LogP contribution in [0.5, 0.6) is 5.75 Å². The first-order valence-electron chi connectivity index (χ1n) is 9.20. The monoisotopic (exact) mass is 466 g/mol. The van der Waals surface area contributed by atoms with Gasteiger partial charge in [0.15, 0.2) is 0 Å². The molecule has 6 nitrogen and oxygen atoms in total. The molecule has 28 heavy (non-hydrogen) atoms. The van der Waals surface area contributed by atoms with Gasteiger partial charge >= 0.3 is 0 Å². The number of amides is 1. The maximum absolute atomic E-state index is 12.9. The van der Waals surface area contributed by atoms with Crippen LogP contribution < -0.4 is 10.1 Å². The van der Waals surface area contributed by atoms with Crippen molar-refractivity contribution in [2.75, 3.05) is 25.0 Å². The Kier molecular flexibility index (Phi) is 6.74. The van der Waals surface area contributed by atoms with E-state index in [1.165, 1.54) is 4.31 Å². The van der Waals surface area contributed by atoms with Gasteiger partial charge in [-0.25, -0.2) is 8.42 Å². The zero-order chi connectivity index (χ0) is 20.1. The molecule has 1 saturated heterocycles. The number of anilines is 1. The number of para-hydroxylation sites is 2. The number of ether oxygens (including phenoxy) is 1. The molecule has 1 aliphatic rings. The van der Waals surface area contributed by atoms with Gasteiger partial charge in [-0.2, -0.15) is 4.31 Å². The van der Waals surface area contributed by atoms with Crippen LogP contribution in [-0.2, 0) is 14.8 Å². The van der Waals surface area contributed by atoms with Gasteiger partial charge in [0, 0.05) is 17.6 Å². The lowest BCUT2D eigenvalue weighted by atomic mass is 9.98. The van der Waals surface area contributed by atoms with Crippen molar-refractivity contribution in [3.05, 3.63) is 53.0 Å². The SMILES string of the molecule is CCOc1ccccc1NC(=O)[C@H]1CCCN(S(=O)(=O)c2ccc(Br)cc2)C1. The van der Waals surface area contributed by atoms with Crippen LogP contribution in [-0.4, -0.2) is 38.3 Å². The first-order valence-corrected chi connectivity index (χ1v) is 11.4. The lowest BCUT2D eigenvalue weighted by molar-refractivity contribution is -0.120. The van der Waals surface area contributed by atoms with E-state index in [1.807, 2.05) is 19.1 Å². The maximum atomic E-state index is 12.9. The van der Waals surface area contributed by atoms with Crippen molar-refractivity contribution in [1.29, 1.82) is 0 Å². The van der Waals surface area contributed by atoms with Crippen LogP contribution >= 0.6 is 15.9 Å². The molecule has 1 fully saturated rings. The van der Waals surface area contributed by atoms with Crippen molar-refractivity contribution in [3.63, 3.8) is 0 Å². The van der Waals surface area contributed by atoms with Gasteiger partial charge in [-0.15, -0.1) is 0 Å². The molecule has 1 aliphatic heterocycles. The molecule has 0 spiro atoms. The molecule has 0 aromatic heterocycles. The fraction of sp³-hybridized carbons (Fsp3) is 0.350. The second-order valence-corrected chi connectivity index (χ2v) is 9.43. The van der Waals surface area contributed by atoms with Gasteiger partial charge in [-0.05, 0) is 56.2 Å². The largest absolute Gasteiger partial charge is 0.492 e. The molecule has 0 bridgehead atoms. The molecule has 0 unspecified atom stereocenters. The van der Waals surface area contributed by atoms with Crippen LogP contribution in [0.25, 0.3) is 0 Å². The Hall–Kier alpha value is -1.90. The number of sulfonamides is 1. The highest BCUT2D eigenvalue weighted by Crippen LogP contribution is 2.28. The van der Waals surface area contributed by atoms with Gasteiger partial charge in [-0.3, -0.25) is 4.79 Å². The summed E-state index contributed by atoms with van der Waals surface area (Å²) in [6, 6.07) is 13.8. The highest BCUT2D eigenvalue weighted by atomic mass is 79.9. The van der Waals surface area contributed by atoms with Crippen LogP contribution in [0.1, 0.15) is 19.8 Å². The summed E-state index contributed by atoms with van der Waals surface area (Å²) in [6.07, 6.45) is 1.29. The molecular weight excluding hydrogens is 444 g/mol. The predicted octanol–water partition coefficient (Wildman–Crippen LogP) is 3.89. The number of nitrogens with one attached hydrogen (secondary N) is 1. The number of nitrogens with zero attached hydrogens (tertiary/aromatic N) is 1. The van der Waals surface area contributed by atoms with Gasteiger partial charge in [-0.1, -0.05) is 28.1 Å². The van der Waals surface area contributed by atoms with E-state index in [2.05, 4.69) is 21.2 Å². The molecule has 1 atom stereocenters.